The highest BCUT2D eigenvalue weighted by molar-refractivity contribution is 6.69. The van der Waals surface area contributed by atoms with Crippen molar-refractivity contribution >= 4 is 8.32 Å². The second kappa shape index (κ2) is 3.94. The monoisotopic (exact) mass is 196 g/mol. The Morgan fingerprint density at radius 1 is 1.00 bits per heavy atom. The highest BCUT2D eigenvalue weighted by Crippen LogP contribution is 2.14. The Kier molecular flexibility index (Phi) is 3.11. The first kappa shape index (κ1) is 10.3. The zero-order chi connectivity index (χ0) is 9.90. The average Bonchev–Trinajstić information content (AvgIpc) is 2.02. The maximum Gasteiger partial charge on any atom is 0.245 e. The molecule has 3 heteroatoms. The van der Waals surface area contributed by atoms with Gasteiger partial charge in [0.1, 0.15) is 0 Å². The molecule has 0 fully saturated rings. The molecule has 0 aliphatic heterocycles. The van der Waals surface area contributed by atoms with Crippen LogP contribution in [0, 0.1) is 6.92 Å². The molecule has 2 nitrogen and oxygen atoms in total. The third kappa shape index (κ3) is 4.10. The maximum absolute atomic E-state index is 5.29. The molecular weight excluding hydrogens is 180 g/mol. The van der Waals surface area contributed by atoms with Gasteiger partial charge >= 0.3 is 0 Å². The van der Waals surface area contributed by atoms with Crippen LogP contribution in [0.5, 0.6) is 5.75 Å². The summed E-state index contributed by atoms with van der Waals surface area (Å²) in [5, 5.41) is 0. The standard InChI is InChI=1S/C10H16O2Si/c1-9-5-7-10(8-6-9)11-12-13(2,3)4/h5-8H,1-4H3. The highest BCUT2D eigenvalue weighted by atomic mass is 28.4. The number of hydrogen-bond donors (Lipinski definition) is 0. The lowest BCUT2D eigenvalue weighted by molar-refractivity contribution is -0.111. The quantitative estimate of drug-likeness (QED) is 0.420. The second-order valence-electron chi connectivity index (χ2n) is 4.09. The van der Waals surface area contributed by atoms with Crippen molar-refractivity contribution in [1.82, 2.24) is 0 Å². The van der Waals surface area contributed by atoms with Crippen LogP contribution in [0.4, 0.5) is 0 Å². The van der Waals surface area contributed by atoms with Gasteiger partial charge < -0.3 is 4.89 Å². The fourth-order valence-electron chi connectivity index (χ4n) is 0.767. The van der Waals surface area contributed by atoms with Crippen molar-refractivity contribution in [2.45, 2.75) is 26.6 Å². The Morgan fingerprint density at radius 3 is 2.00 bits per heavy atom. The summed E-state index contributed by atoms with van der Waals surface area (Å²) in [5.41, 5.74) is 1.22. The lowest BCUT2D eigenvalue weighted by Crippen LogP contribution is -2.27. The van der Waals surface area contributed by atoms with Crippen molar-refractivity contribution < 1.29 is 9.46 Å². The topological polar surface area (TPSA) is 18.5 Å². The lowest BCUT2D eigenvalue weighted by atomic mass is 10.2. The average molecular weight is 196 g/mol. The Balaban J connectivity index is 2.51. The molecule has 0 heterocycles. The van der Waals surface area contributed by atoms with Crippen LogP contribution >= 0.6 is 0 Å². The van der Waals surface area contributed by atoms with Crippen LogP contribution in [0.3, 0.4) is 0 Å². The van der Waals surface area contributed by atoms with E-state index in [1.165, 1.54) is 5.56 Å². The first-order valence-corrected chi connectivity index (χ1v) is 7.80. The summed E-state index contributed by atoms with van der Waals surface area (Å²) in [4.78, 5) is 5.19. The minimum absolute atomic E-state index is 0.771. The van der Waals surface area contributed by atoms with E-state index in [1.807, 2.05) is 31.2 Å². The van der Waals surface area contributed by atoms with E-state index in [1.54, 1.807) is 0 Å². The lowest BCUT2D eigenvalue weighted by Gasteiger charge is -2.15. The van der Waals surface area contributed by atoms with Crippen molar-refractivity contribution in [3.8, 4) is 5.75 Å². The normalized spacial score (nSPS) is 11.4. The van der Waals surface area contributed by atoms with Crippen LogP contribution in [0.15, 0.2) is 24.3 Å². The fourth-order valence-corrected chi connectivity index (χ4v) is 1.11. The minimum Gasteiger partial charge on any atom is -0.349 e. The Labute approximate surface area is 80.6 Å². The van der Waals surface area contributed by atoms with E-state index >= 15 is 0 Å². The van der Waals surface area contributed by atoms with Crippen molar-refractivity contribution in [2.75, 3.05) is 0 Å². The van der Waals surface area contributed by atoms with Crippen molar-refractivity contribution in [1.29, 1.82) is 0 Å². The van der Waals surface area contributed by atoms with Crippen LogP contribution in [0.2, 0.25) is 19.6 Å². The van der Waals surface area contributed by atoms with Gasteiger partial charge in [-0.3, -0.25) is 0 Å². The van der Waals surface area contributed by atoms with Crippen molar-refractivity contribution in [3.05, 3.63) is 29.8 Å². The molecular formula is C10H16O2Si. The molecule has 0 bridgehead atoms. The van der Waals surface area contributed by atoms with Crippen LogP contribution in [-0.4, -0.2) is 8.32 Å². The number of rotatable bonds is 3. The fraction of sp³-hybridized carbons (Fsp3) is 0.400. The Morgan fingerprint density at radius 2 is 1.54 bits per heavy atom. The van der Waals surface area contributed by atoms with E-state index in [9.17, 15) is 0 Å². The zero-order valence-corrected chi connectivity index (χ0v) is 9.63. The molecule has 0 N–H and O–H groups in total. The van der Waals surface area contributed by atoms with Gasteiger partial charge in [0, 0.05) is 0 Å². The van der Waals surface area contributed by atoms with Crippen LogP contribution in [0.25, 0.3) is 0 Å². The molecule has 0 amide bonds. The summed E-state index contributed by atoms with van der Waals surface area (Å²) in [7, 11) is -1.58. The minimum atomic E-state index is -1.58. The summed E-state index contributed by atoms with van der Waals surface area (Å²) in [6, 6.07) is 7.83. The van der Waals surface area contributed by atoms with Gasteiger partial charge in [-0.25, -0.2) is 4.58 Å². The SMILES string of the molecule is Cc1ccc(OO[Si](C)(C)C)cc1. The molecule has 1 aromatic rings. The molecule has 0 aliphatic carbocycles. The van der Waals surface area contributed by atoms with Gasteiger partial charge in [0.25, 0.3) is 0 Å². The molecule has 0 saturated carbocycles. The smallest absolute Gasteiger partial charge is 0.245 e. The largest absolute Gasteiger partial charge is 0.349 e. The van der Waals surface area contributed by atoms with Gasteiger partial charge in [-0.15, -0.1) is 0 Å². The summed E-state index contributed by atoms with van der Waals surface area (Å²) < 4.78 is 5.29. The second-order valence-corrected chi connectivity index (χ2v) is 8.48. The number of aryl methyl sites for hydroxylation is 1. The van der Waals surface area contributed by atoms with Gasteiger partial charge in [-0.1, -0.05) is 17.7 Å². The first-order valence-electron chi connectivity index (χ1n) is 4.40. The summed E-state index contributed by atoms with van der Waals surface area (Å²) >= 11 is 0. The number of benzene rings is 1. The maximum atomic E-state index is 5.29. The van der Waals surface area contributed by atoms with Gasteiger partial charge in [0.15, 0.2) is 5.75 Å². The molecule has 0 unspecified atom stereocenters. The van der Waals surface area contributed by atoms with Gasteiger partial charge in [0.05, 0.1) is 0 Å². The molecule has 0 aromatic heterocycles. The third-order valence-corrected chi connectivity index (χ3v) is 1.99. The predicted octanol–water partition coefficient (Wildman–Crippen LogP) is 3.14. The Bertz CT molecular complexity index is 261. The van der Waals surface area contributed by atoms with E-state index in [0.29, 0.717) is 0 Å². The first-order chi connectivity index (χ1) is 5.97. The summed E-state index contributed by atoms with van der Waals surface area (Å²) in [6.45, 7) is 8.30. The van der Waals surface area contributed by atoms with E-state index < -0.39 is 8.32 Å². The summed E-state index contributed by atoms with van der Waals surface area (Å²) in [6.07, 6.45) is 0. The van der Waals surface area contributed by atoms with Gasteiger partial charge in [-0.05, 0) is 38.7 Å². The van der Waals surface area contributed by atoms with E-state index in [2.05, 4.69) is 19.6 Å². The van der Waals surface area contributed by atoms with Crippen molar-refractivity contribution in [2.24, 2.45) is 0 Å². The third-order valence-electron chi connectivity index (χ3n) is 1.41. The number of hydrogen-bond acceptors (Lipinski definition) is 2. The Hall–Kier alpha value is -0.803. The van der Waals surface area contributed by atoms with Gasteiger partial charge in [-0.2, -0.15) is 0 Å². The van der Waals surface area contributed by atoms with Crippen molar-refractivity contribution in [3.63, 3.8) is 0 Å². The van der Waals surface area contributed by atoms with Crippen LogP contribution in [0.1, 0.15) is 5.56 Å². The molecule has 1 aromatic carbocycles. The van der Waals surface area contributed by atoms with Crippen LogP contribution < -0.4 is 4.89 Å². The molecule has 0 radical (unpaired) electrons. The molecule has 0 aliphatic rings. The molecule has 0 atom stereocenters. The van der Waals surface area contributed by atoms with E-state index in [0.717, 1.165) is 5.75 Å². The molecule has 0 spiro atoms. The van der Waals surface area contributed by atoms with Crippen LogP contribution in [-0.2, 0) is 4.58 Å². The molecule has 1 rings (SSSR count). The zero-order valence-electron chi connectivity index (χ0n) is 8.63. The molecule has 0 saturated heterocycles. The molecule has 13 heavy (non-hydrogen) atoms. The summed E-state index contributed by atoms with van der Waals surface area (Å²) in [5.74, 6) is 0.771. The highest BCUT2D eigenvalue weighted by Gasteiger charge is 2.16. The van der Waals surface area contributed by atoms with Gasteiger partial charge in [0.2, 0.25) is 8.32 Å². The van der Waals surface area contributed by atoms with E-state index in [4.69, 9.17) is 9.46 Å². The molecule has 72 valence electrons. The predicted molar refractivity (Wildman–Crippen MR) is 56.2 cm³/mol. The van der Waals surface area contributed by atoms with E-state index in [-0.39, 0.29) is 0 Å².